The average molecular weight is 408 g/mol. The Hall–Kier alpha value is -1.77. The third-order valence-electron chi connectivity index (χ3n) is 5.04. The second-order valence-corrected chi connectivity index (χ2v) is 8.90. The van der Waals surface area contributed by atoms with Crippen molar-refractivity contribution in [3.8, 4) is 0 Å². The normalized spacial score (nSPS) is 19.9. The van der Waals surface area contributed by atoms with Crippen LogP contribution in [0.3, 0.4) is 0 Å². The number of rotatable bonds is 6. The standard InChI is InChI=1S/C19H26N4O2S2/c1-13(2)14-4-6-16(7-5-14)20-18-21-23(19(26)27-18)12-22-10-8-15(9-11-22)17(24)25-3/h4-7,13,15H,8-12H2,1-3H3,(H,20,21)/p+1. The van der Waals surface area contributed by atoms with Crippen LogP contribution in [0.2, 0.25) is 0 Å². The van der Waals surface area contributed by atoms with Gasteiger partial charge >= 0.3 is 5.97 Å². The van der Waals surface area contributed by atoms with E-state index in [4.69, 9.17) is 17.0 Å². The Kier molecular flexibility index (Phi) is 6.62. The minimum Gasteiger partial charge on any atom is -0.469 e. The number of hydrogen-bond donors (Lipinski definition) is 2. The Bertz CT molecular complexity index is 821. The summed E-state index contributed by atoms with van der Waals surface area (Å²) < 4.78 is 7.50. The van der Waals surface area contributed by atoms with E-state index in [9.17, 15) is 4.79 Å². The van der Waals surface area contributed by atoms with E-state index < -0.39 is 0 Å². The number of esters is 1. The van der Waals surface area contributed by atoms with Crippen LogP contribution < -0.4 is 10.2 Å². The van der Waals surface area contributed by atoms with E-state index in [1.165, 1.54) is 28.9 Å². The number of ether oxygens (including phenoxy) is 1. The largest absolute Gasteiger partial charge is 0.469 e. The van der Waals surface area contributed by atoms with Crippen LogP contribution in [0.1, 0.15) is 38.2 Å². The number of carbonyl (C=O) groups is 1. The second-order valence-electron chi connectivity index (χ2n) is 7.28. The lowest BCUT2D eigenvalue weighted by Crippen LogP contribution is -3.12. The van der Waals surface area contributed by atoms with Crippen molar-refractivity contribution in [2.24, 2.45) is 5.92 Å². The second kappa shape index (κ2) is 8.95. The molecule has 0 atom stereocenters. The summed E-state index contributed by atoms with van der Waals surface area (Å²) in [6, 6.07) is 8.43. The first-order valence-corrected chi connectivity index (χ1v) is 10.5. The summed E-state index contributed by atoms with van der Waals surface area (Å²) in [6.07, 6.45) is 1.71. The average Bonchev–Trinajstić information content (AvgIpc) is 3.01. The fraction of sp³-hybridized carbons (Fsp3) is 0.526. The highest BCUT2D eigenvalue weighted by molar-refractivity contribution is 7.73. The van der Waals surface area contributed by atoms with Gasteiger partial charge in [0.25, 0.3) is 0 Å². The van der Waals surface area contributed by atoms with E-state index in [0.717, 1.165) is 47.4 Å². The van der Waals surface area contributed by atoms with Gasteiger partial charge in [-0.15, -0.1) is 5.10 Å². The van der Waals surface area contributed by atoms with Gasteiger partial charge in [-0.3, -0.25) is 4.79 Å². The van der Waals surface area contributed by atoms with Gasteiger partial charge in [-0.25, -0.2) is 0 Å². The molecule has 1 aromatic heterocycles. The maximum absolute atomic E-state index is 11.6. The molecule has 0 amide bonds. The van der Waals surface area contributed by atoms with Gasteiger partial charge in [0.05, 0.1) is 26.1 Å². The number of quaternary nitrogens is 1. The molecule has 2 aromatic rings. The first kappa shape index (κ1) is 20.0. The van der Waals surface area contributed by atoms with Crippen LogP contribution in [0, 0.1) is 9.87 Å². The Morgan fingerprint density at radius 3 is 2.63 bits per heavy atom. The Labute approximate surface area is 169 Å². The Morgan fingerprint density at radius 2 is 2.04 bits per heavy atom. The summed E-state index contributed by atoms with van der Waals surface area (Å²) in [6.45, 7) is 6.96. The first-order chi connectivity index (χ1) is 13.0. The summed E-state index contributed by atoms with van der Waals surface area (Å²) in [5, 5.41) is 8.79. The molecule has 3 rings (SSSR count). The van der Waals surface area contributed by atoms with E-state index in [-0.39, 0.29) is 11.9 Å². The molecule has 2 heterocycles. The van der Waals surface area contributed by atoms with Crippen LogP contribution >= 0.6 is 23.6 Å². The smallest absolute Gasteiger partial charge is 0.309 e. The van der Waals surface area contributed by atoms with E-state index in [2.05, 4.69) is 48.5 Å². The molecular weight excluding hydrogens is 380 g/mol. The van der Waals surface area contributed by atoms with Gasteiger partial charge < -0.3 is 15.0 Å². The van der Waals surface area contributed by atoms with Crippen molar-refractivity contribution >= 4 is 40.3 Å². The van der Waals surface area contributed by atoms with E-state index in [1.807, 2.05) is 4.68 Å². The molecule has 1 fully saturated rings. The van der Waals surface area contributed by atoms with E-state index >= 15 is 0 Å². The lowest BCUT2D eigenvalue weighted by molar-refractivity contribution is -0.928. The summed E-state index contributed by atoms with van der Waals surface area (Å²) in [7, 11) is 1.46. The van der Waals surface area contributed by atoms with Gasteiger partial charge in [-0.05, 0) is 35.8 Å². The van der Waals surface area contributed by atoms with Crippen molar-refractivity contribution in [1.29, 1.82) is 0 Å². The summed E-state index contributed by atoms with van der Waals surface area (Å²) in [4.78, 5) is 13.0. The molecule has 0 unspecified atom stereocenters. The predicted molar refractivity (Wildman–Crippen MR) is 110 cm³/mol. The van der Waals surface area contributed by atoms with Gasteiger partial charge in [-0.2, -0.15) is 4.68 Å². The number of nitrogens with zero attached hydrogens (tertiary/aromatic N) is 2. The number of likely N-dealkylation sites (tertiary alicyclic amines) is 1. The fourth-order valence-electron chi connectivity index (χ4n) is 3.33. The van der Waals surface area contributed by atoms with Crippen molar-refractivity contribution in [2.45, 2.75) is 39.3 Å². The van der Waals surface area contributed by atoms with Crippen LogP contribution in [0.15, 0.2) is 24.3 Å². The number of nitrogens with one attached hydrogen (secondary N) is 2. The molecule has 27 heavy (non-hydrogen) atoms. The topological polar surface area (TPSA) is 60.6 Å². The number of piperidine rings is 1. The number of carbonyl (C=O) groups excluding carboxylic acids is 1. The molecule has 0 radical (unpaired) electrons. The molecule has 1 aromatic carbocycles. The molecular formula is C19H27N4O2S2+. The summed E-state index contributed by atoms with van der Waals surface area (Å²) >= 11 is 6.97. The first-order valence-electron chi connectivity index (χ1n) is 9.32. The van der Waals surface area contributed by atoms with Crippen molar-refractivity contribution in [1.82, 2.24) is 9.78 Å². The Balaban J connectivity index is 1.58. The molecule has 0 spiro atoms. The number of benzene rings is 1. The molecule has 1 aliphatic heterocycles. The molecule has 0 saturated carbocycles. The van der Waals surface area contributed by atoms with Crippen molar-refractivity contribution in [3.05, 3.63) is 33.8 Å². The van der Waals surface area contributed by atoms with Crippen LogP contribution in [0.25, 0.3) is 0 Å². The number of aromatic nitrogens is 2. The van der Waals surface area contributed by atoms with Crippen LogP contribution in [-0.4, -0.2) is 35.9 Å². The molecule has 146 valence electrons. The quantitative estimate of drug-likeness (QED) is 0.569. The molecule has 6 nitrogen and oxygen atoms in total. The predicted octanol–water partition coefficient (Wildman–Crippen LogP) is 2.97. The molecule has 1 saturated heterocycles. The third kappa shape index (κ3) is 5.15. The minimum atomic E-state index is -0.0886. The van der Waals surface area contributed by atoms with Crippen LogP contribution in [0.4, 0.5) is 10.8 Å². The highest BCUT2D eigenvalue weighted by Gasteiger charge is 2.28. The fourth-order valence-corrected chi connectivity index (χ4v) is 4.36. The monoisotopic (exact) mass is 407 g/mol. The van der Waals surface area contributed by atoms with Gasteiger partial charge in [0.2, 0.25) is 5.13 Å². The molecule has 8 heteroatoms. The minimum absolute atomic E-state index is 0.0354. The summed E-state index contributed by atoms with van der Waals surface area (Å²) in [5.74, 6) is 0.467. The van der Waals surface area contributed by atoms with Gasteiger partial charge in [-0.1, -0.05) is 37.3 Å². The van der Waals surface area contributed by atoms with E-state index in [0.29, 0.717) is 5.92 Å². The zero-order chi connectivity index (χ0) is 19.4. The molecule has 2 N–H and O–H groups in total. The highest BCUT2D eigenvalue weighted by Crippen LogP contribution is 2.22. The number of hydrogen-bond acceptors (Lipinski definition) is 6. The lowest BCUT2D eigenvalue weighted by atomic mass is 9.97. The lowest BCUT2D eigenvalue weighted by Gasteiger charge is -2.27. The van der Waals surface area contributed by atoms with E-state index in [1.54, 1.807) is 0 Å². The van der Waals surface area contributed by atoms with Gasteiger partial charge in [0.15, 0.2) is 10.6 Å². The van der Waals surface area contributed by atoms with Crippen molar-refractivity contribution in [3.63, 3.8) is 0 Å². The summed E-state index contributed by atoms with van der Waals surface area (Å²) in [5.41, 5.74) is 2.33. The zero-order valence-corrected chi connectivity index (χ0v) is 17.7. The van der Waals surface area contributed by atoms with Crippen LogP contribution in [-0.2, 0) is 16.2 Å². The van der Waals surface area contributed by atoms with Crippen molar-refractivity contribution < 1.29 is 14.4 Å². The Morgan fingerprint density at radius 1 is 1.37 bits per heavy atom. The maximum atomic E-state index is 11.6. The number of methoxy groups -OCH3 is 1. The number of anilines is 2. The van der Waals surface area contributed by atoms with Crippen molar-refractivity contribution in [2.75, 3.05) is 25.5 Å². The van der Waals surface area contributed by atoms with Gasteiger partial charge in [0, 0.05) is 18.5 Å². The molecule has 0 aliphatic carbocycles. The SMILES string of the molecule is COC(=O)C1CC[NH+](Cn2nc(Nc3ccc(C(C)C)cc3)sc2=S)CC1. The zero-order valence-electron chi connectivity index (χ0n) is 16.0. The van der Waals surface area contributed by atoms with Crippen LogP contribution in [0.5, 0.6) is 0 Å². The highest BCUT2D eigenvalue weighted by atomic mass is 32.1. The maximum Gasteiger partial charge on any atom is 0.309 e. The molecule has 1 aliphatic rings. The molecule has 0 bridgehead atoms. The van der Waals surface area contributed by atoms with Gasteiger partial charge in [0.1, 0.15) is 0 Å². The third-order valence-corrected chi connectivity index (χ3v) is 6.26.